The van der Waals surface area contributed by atoms with Crippen molar-refractivity contribution in [3.63, 3.8) is 0 Å². The second-order valence-electron chi connectivity index (χ2n) is 3.16. The maximum atomic E-state index is 12.9. The first-order valence-corrected chi connectivity index (χ1v) is 4.16. The highest BCUT2D eigenvalue weighted by Gasteiger charge is 2.20. The molecule has 5 heteroatoms. The molecule has 78 valence electrons. The van der Waals surface area contributed by atoms with Crippen molar-refractivity contribution in [3.05, 3.63) is 23.5 Å². The molecule has 4 N–H and O–H groups in total. The van der Waals surface area contributed by atoms with Crippen LogP contribution in [0.1, 0.15) is 18.0 Å². The lowest BCUT2D eigenvalue weighted by molar-refractivity contribution is 0.270. The van der Waals surface area contributed by atoms with Crippen molar-refractivity contribution in [1.29, 1.82) is 0 Å². The smallest absolute Gasteiger partial charge is 0.147 e. The van der Waals surface area contributed by atoms with E-state index in [-0.39, 0.29) is 24.3 Å². The average Bonchev–Trinajstić information content (AvgIpc) is 2.07. The minimum atomic E-state index is -0.364. The van der Waals surface area contributed by atoms with E-state index in [4.69, 9.17) is 16.2 Å². The van der Waals surface area contributed by atoms with Gasteiger partial charge in [0.25, 0.3) is 0 Å². The molecule has 0 aliphatic carbocycles. The number of ether oxygens (including phenoxy) is 1. The molecule has 1 aromatic rings. The van der Waals surface area contributed by atoms with Gasteiger partial charge in [0.05, 0.1) is 12.3 Å². The lowest BCUT2D eigenvalue weighted by Crippen LogP contribution is -2.21. The van der Waals surface area contributed by atoms with Crippen LogP contribution in [0, 0.1) is 5.82 Å². The van der Waals surface area contributed by atoms with Crippen molar-refractivity contribution < 1.29 is 9.13 Å². The average molecular weight is 219 g/mol. The van der Waals surface area contributed by atoms with Crippen LogP contribution in [0.5, 0.6) is 5.75 Å². The zero-order chi connectivity index (χ0) is 9.42. The Morgan fingerprint density at radius 1 is 1.43 bits per heavy atom. The number of nitrogen functional groups attached to an aromatic ring is 1. The van der Waals surface area contributed by atoms with E-state index < -0.39 is 0 Å². The Morgan fingerprint density at radius 2 is 2.14 bits per heavy atom. The molecule has 1 aromatic carbocycles. The van der Waals surface area contributed by atoms with Crippen LogP contribution in [-0.2, 0) is 0 Å². The van der Waals surface area contributed by atoms with E-state index in [0.29, 0.717) is 30.0 Å². The first-order chi connectivity index (χ1) is 6.18. The van der Waals surface area contributed by atoms with Gasteiger partial charge in [-0.05, 0) is 6.07 Å². The summed E-state index contributed by atoms with van der Waals surface area (Å²) in [5.74, 6) is 0.178. The van der Waals surface area contributed by atoms with E-state index in [9.17, 15) is 4.39 Å². The Balaban J connectivity index is 0.000000980. The Kier molecular flexibility index (Phi) is 3.18. The highest BCUT2D eigenvalue weighted by Crippen LogP contribution is 2.35. The van der Waals surface area contributed by atoms with Crippen LogP contribution >= 0.6 is 12.4 Å². The summed E-state index contributed by atoms with van der Waals surface area (Å²) in [6.45, 7) is 0.546. The summed E-state index contributed by atoms with van der Waals surface area (Å²) in [7, 11) is 0. The van der Waals surface area contributed by atoms with Crippen LogP contribution in [0.3, 0.4) is 0 Å². The highest BCUT2D eigenvalue weighted by molar-refractivity contribution is 5.85. The summed E-state index contributed by atoms with van der Waals surface area (Å²) in [6.07, 6.45) is 0.704. The summed E-state index contributed by atoms with van der Waals surface area (Å²) in [4.78, 5) is 0. The van der Waals surface area contributed by atoms with Gasteiger partial charge in [0, 0.05) is 24.1 Å². The third kappa shape index (κ3) is 1.76. The molecule has 0 saturated heterocycles. The lowest BCUT2D eigenvalue weighted by atomic mass is 10.0. The number of rotatable bonds is 0. The molecular formula is C9H12ClFN2O. The molecule has 2 rings (SSSR count). The topological polar surface area (TPSA) is 61.3 Å². The van der Waals surface area contributed by atoms with E-state index in [2.05, 4.69) is 0 Å². The quantitative estimate of drug-likeness (QED) is 0.651. The molecular weight excluding hydrogens is 207 g/mol. The fourth-order valence-corrected chi connectivity index (χ4v) is 1.52. The largest absolute Gasteiger partial charge is 0.491 e. The molecule has 1 atom stereocenters. The molecule has 0 saturated carbocycles. The van der Waals surface area contributed by atoms with Crippen molar-refractivity contribution in [2.45, 2.75) is 12.5 Å². The summed E-state index contributed by atoms with van der Waals surface area (Å²) >= 11 is 0. The van der Waals surface area contributed by atoms with Crippen molar-refractivity contribution in [2.24, 2.45) is 5.73 Å². The Bertz CT molecular complexity index is 346. The molecule has 1 aliphatic heterocycles. The molecule has 0 spiro atoms. The zero-order valence-electron chi connectivity index (χ0n) is 7.50. The van der Waals surface area contributed by atoms with Gasteiger partial charge in [-0.3, -0.25) is 0 Å². The van der Waals surface area contributed by atoms with Crippen molar-refractivity contribution in [3.8, 4) is 5.75 Å². The van der Waals surface area contributed by atoms with E-state index in [1.165, 1.54) is 12.1 Å². The van der Waals surface area contributed by atoms with E-state index in [0.717, 1.165) is 0 Å². The first kappa shape index (κ1) is 11.1. The number of nitrogens with two attached hydrogens (primary N) is 2. The number of anilines is 1. The summed E-state index contributed by atoms with van der Waals surface area (Å²) in [5, 5.41) is 0. The fourth-order valence-electron chi connectivity index (χ4n) is 1.52. The van der Waals surface area contributed by atoms with Gasteiger partial charge in [-0.15, -0.1) is 12.4 Å². The van der Waals surface area contributed by atoms with Gasteiger partial charge in [0.1, 0.15) is 11.6 Å². The van der Waals surface area contributed by atoms with Crippen LogP contribution in [0.25, 0.3) is 0 Å². The molecule has 14 heavy (non-hydrogen) atoms. The molecule has 3 nitrogen and oxygen atoms in total. The van der Waals surface area contributed by atoms with Gasteiger partial charge in [-0.2, -0.15) is 0 Å². The molecule has 0 radical (unpaired) electrons. The minimum absolute atomic E-state index is 0. The van der Waals surface area contributed by atoms with Crippen LogP contribution in [0.2, 0.25) is 0 Å². The van der Waals surface area contributed by atoms with Crippen LogP contribution in [0.4, 0.5) is 10.1 Å². The van der Waals surface area contributed by atoms with E-state index in [1.54, 1.807) is 0 Å². The maximum Gasteiger partial charge on any atom is 0.147 e. The monoisotopic (exact) mass is 218 g/mol. The molecule has 1 heterocycles. The predicted octanol–water partition coefficient (Wildman–Crippen LogP) is 1.61. The maximum absolute atomic E-state index is 12.9. The lowest BCUT2D eigenvalue weighted by Gasteiger charge is -2.23. The summed E-state index contributed by atoms with van der Waals surface area (Å²) in [6, 6.07) is 2.47. The summed E-state index contributed by atoms with van der Waals surface area (Å²) < 4.78 is 18.2. The second-order valence-corrected chi connectivity index (χ2v) is 3.16. The van der Waals surface area contributed by atoms with Crippen molar-refractivity contribution >= 4 is 18.1 Å². The Labute approximate surface area is 87.6 Å². The first-order valence-electron chi connectivity index (χ1n) is 4.16. The second kappa shape index (κ2) is 4.02. The molecule has 0 unspecified atom stereocenters. The molecule has 0 bridgehead atoms. The number of fused-ring (bicyclic) bond motifs is 1. The van der Waals surface area contributed by atoms with Crippen molar-refractivity contribution in [2.75, 3.05) is 12.3 Å². The molecule has 0 amide bonds. The molecule has 0 fully saturated rings. The van der Waals surface area contributed by atoms with Gasteiger partial charge < -0.3 is 16.2 Å². The van der Waals surface area contributed by atoms with Gasteiger partial charge >= 0.3 is 0 Å². The highest BCUT2D eigenvalue weighted by atomic mass is 35.5. The Morgan fingerprint density at radius 3 is 2.86 bits per heavy atom. The van der Waals surface area contributed by atoms with Crippen LogP contribution in [0.15, 0.2) is 12.1 Å². The number of halogens is 2. The molecule has 1 aliphatic rings. The van der Waals surface area contributed by atoms with Gasteiger partial charge in [0.15, 0.2) is 0 Å². The summed E-state index contributed by atoms with van der Waals surface area (Å²) in [5.41, 5.74) is 12.4. The minimum Gasteiger partial charge on any atom is -0.491 e. The van der Waals surface area contributed by atoms with Crippen LogP contribution < -0.4 is 16.2 Å². The van der Waals surface area contributed by atoms with E-state index >= 15 is 0 Å². The predicted molar refractivity (Wildman–Crippen MR) is 55.1 cm³/mol. The standard InChI is InChI=1S/C9H11FN2O.ClH/c10-5-3-6-7(11)1-2-13-9(6)8(12)4-5;/h3-4,7H,1-2,11-12H2;1H/t7-;/m0./s1. The SMILES string of the molecule is Cl.Nc1cc(F)cc2c1OCC[C@@H]2N. The third-order valence-corrected chi connectivity index (χ3v) is 2.19. The van der Waals surface area contributed by atoms with E-state index in [1.807, 2.05) is 0 Å². The van der Waals surface area contributed by atoms with Crippen LogP contribution in [-0.4, -0.2) is 6.61 Å². The number of benzene rings is 1. The number of hydrogen-bond acceptors (Lipinski definition) is 3. The van der Waals surface area contributed by atoms with Crippen molar-refractivity contribution in [1.82, 2.24) is 0 Å². The zero-order valence-corrected chi connectivity index (χ0v) is 8.31. The third-order valence-electron chi connectivity index (χ3n) is 2.19. The van der Waals surface area contributed by atoms with Gasteiger partial charge in [0.2, 0.25) is 0 Å². The molecule has 0 aromatic heterocycles. The van der Waals surface area contributed by atoms with Gasteiger partial charge in [-0.25, -0.2) is 4.39 Å². The Hall–Kier alpha value is -1.00. The number of hydrogen-bond donors (Lipinski definition) is 2. The fraction of sp³-hybridized carbons (Fsp3) is 0.333. The van der Waals surface area contributed by atoms with Gasteiger partial charge in [-0.1, -0.05) is 0 Å². The normalized spacial score (nSPS) is 19.1.